The molecule has 192 valence electrons. The first-order valence-electron chi connectivity index (χ1n) is 12.2. The summed E-state index contributed by atoms with van der Waals surface area (Å²) in [7, 11) is 0. The number of carbonyl (C=O) groups is 2. The van der Waals surface area contributed by atoms with Gasteiger partial charge in [0.1, 0.15) is 12.7 Å². The molecule has 0 bridgehead atoms. The number of nitrogens with one attached hydrogen (secondary N) is 1. The molecular weight excluding hydrogens is 502 g/mol. The van der Waals surface area contributed by atoms with Gasteiger partial charge in [-0.25, -0.2) is 4.79 Å². The van der Waals surface area contributed by atoms with E-state index < -0.39 is 5.97 Å². The predicted molar refractivity (Wildman–Crippen MR) is 146 cm³/mol. The summed E-state index contributed by atoms with van der Waals surface area (Å²) in [4.78, 5) is 24.9. The number of hydrogen-bond acceptors (Lipinski definition) is 4. The topological polar surface area (TPSA) is 102 Å². The Balaban J connectivity index is 0.000000433. The Hall–Kier alpha value is -4.43. The maximum absolute atomic E-state index is 12.9. The lowest BCUT2D eigenvalue weighted by molar-refractivity contribution is 0.0696. The Labute approximate surface area is 224 Å². The van der Waals surface area contributed by atoms with Crippen molar-refractivity contribution in [2.24, 2.45) is 0 Å². The van der Waals surface area contributed by atoms with Gasteiger partial charge in [-0.15, -0.1) is 10.2 Å². The van der Waals surface area contributed by atoms with E-state index in [4.69, 9.17) is 11.6 Å². The molecule has 1 atom stereocenters. The molecule has 38 heavy (non-hydrogen) atoms. The maximum atomic E-state index is 12.9. The van der Waals surface area contributed by atoms with Gasteiger partial charge in [-0.2, -0.15) is 0 Å². The van der Waals surface area contributed by atoms with E-state index in [1.54, 1.807) is 35.4 Å². The zero-order valence-electron chi connectivity index (χ0n) is 20.7. The molecule has 6 rings (SSSR count). The molecule has 0 radical (unpaired) electrons. The predicted octanol–water partition coefficient (Wildman–Crippen LogP) is 5.31. The molecule has 1 aliphatic rings. The highest BCUT2D eigenvalue weighted by atomic mass is 35.5. The monoisotopic (exact) mass is 527 g/mol. The Morgan fingerprint density at radius 1 is 1.00 bits per heavy atom. The molecule has 0 saturated carbocycles. The summed E-state index contributed by atoms with van der Waals surface area (Å²) in [5, 5.41) is 21.5. The second-order valence-corrected chi connectivity index (χ2v) is 9.56. The van der Waals surface area contributed by atoms with Crippen molar-refractivity contribution in [3.05, 3.63) is 113 Å². The van der Waals surface area contributed by atoms with E-state index in [9.17, 15) is 14.7 Å². The lowest BCUT2D eigenvalue weighted by Crippen LogP contribution is -2.41. The zero-order valence-corrected chi connectivity index (χ0v) is 21.5. The summed E-state index contributed by atoms with van der Waals surface area (Å²) in [5.41, 5.74) is 4.19. The van der Waals surface area contributed by atoms with Crippen LogP contribution >= 0.6 is 11.6 Å². The van der Waals surface area contributed by atoms with Crippen LogP contribution < -0.4 is 5.32 Å². The number of hydrogen-bond donors (Lipinski definition) is 2. The van der Waals surface area contributed by atoms with Crippen LogP contribution in [0.3, 0.4) is 0 Å². The highest BCUT2D eigenvalue weighted by Crippen LogP contribution is 2.32. The van der Waals surface area contributed by atoms with E-state index in [1.807, 2.05) is 66.1 Å². The minimum atomic E-state index is -0.920. The molecule has 3 aromatic carbocycles. The van der Waals surface area contributed by atoms with Gasteiger partial charge in [-0.05, 0) is 50.1 Å². The van der Waals surface area contributed by atoms with Gasteiger partial charge in [0.2, 0.25) is 0 Å². The fourth-order valence-corrected chi connectivity index (χ4v) is 5.06. The van der Waals surface area contributed by atoms with Crippen LogP contribution in [0.15, 0.2) is 85.5 Å². The van der Waals surface area contributed by atoms with Crippen molar-refractivity contribution in [3.8, 4) is 5.69 Å². The van der Waals surface area contributed by atoms with E-state index in [0.717, 1.165) is 27.8 Å². The third-order valence-corrected chi connectivity index (χ3v) is 6.90. The number of aromatic nitrogens is 4. The second-order valence-electron chi connectivity index (χ2n) is 9.16. The van der Waals surface area contributed by atoms with Crippen molar-refractivity contribution in [3.63, 3.8) is 0 Å². The van der Waals surface area contributed by atoms with Crippen LogP contribution in [0.2, 0.25) is 5.02 Å². The van der Waals surface area contributed by atoms with Gasteiger partial charge in [-0.3, -0.25) is 9.36 Å². The number of aryl methyl sites for hydroxylation is 1. The Morgan fingerprint density at radius 3 is 2.32 bits per heavy atom. The van der Waals surface area contributed by atoms with Crippen molar-refractivity contribution >= 4 is 34.4 Å². The van der Waals surface area contributed by atoms with E-state index in [-0.39, 0.29) is 11.9 Å². The van der Waals surface area contributed by atoms with Gasteiger partial charge in [0.05, 0.1) is 16.1 Å². The normalized spacial score (nSPS) is 14.3. The van der Waals surface area contributed by atoms with Crippen molar-refractivity contribution < 1.29 is 14.7 Å². The molecule has 3 heterocycles. The number of benzene rings is 3. The molecule has 0 saturated heterocycles. The van der Waals surface area contributed by atoms with Gasteiger partial charge in [0, 0.05) is 34.9 Å². The van der Waals surface area contributed by atoms with Crippen molar-refractivity contribution in [2.45, 2.75) is 32.4 Å². The largest absolute Gasteiger partial charge is 0.478 e. The van der Waals surface area contributed by atoms with E-state index in [0.29, 0.717) is 35.5 Å². The summed E-state index contributed by atoms with van der Waals surface area (Å²) in [5.74, 6) is -1.18. The Morgan fingerprint density at radius 2 is 1.68 bits per heavy atom. The number of halogens is 1. The van der Waals surface area contributed by atoms with Crippen molar-refractivity contribution in [2.75, 3.05) is 0 Å². The molecule has 0 fully saturated rings. The molecule has 0 spiro atoms. The lowest BCUT2D eigenvalue weighted by Gasteiger charge is -2.27. The number of rotatable bonds is 4. The first-order valence-corrected chi connectivity index (χ1v) is 12.6. The standard InChI is InChI=1S/C23H20ClN5O3.C6H6/c1-13-2-6-19-17(8-13)21(23(31)32)20-7-3-14(10-29(19)20)27-22(30)16-5-4-15(9-18(16)24)28-11-25-26-12-28;1-2-4-6-5-3-1/h2,4-6,8-9,11-12,14H,3,7,10H2,1H3,(H,27,30)(H,31,32);1-6H. The van der Waals surface area contributed by atoms with Crippen LogP contribution in [0.25, 0.3) is 16.6 Å². The van der Waals surface area contributed by atoms with E-state index in [2.05, 4.69) is 15.5 Å². The van der Waals surface area contributed by atoms with E-state index in [1.165, 1.54) is 0 Å². The van der Waals surface area contributed by atoms with Crippen LogP contribution in [0.5, 0.6) is 0 Å². The maximum Gasteiger partial charge on any atom is 0.338 e. The van der Waals surface area contributed by atoms with Crippen molar-refractivity contribution in [1.29, 1.82) is 0 Å². The highest BCUT2D eigenvalue weighted by Gasteiger charge is 2.29. The number of carboxylic acid groups (broad SMARTS) is 1. The summed E-state index contributed by atoms with van der Waals surface area (Å²) in [6.45, 7) is 2.45. The van der Waals surface area contributed by atoms with Crippen LogP contribution in [-0.4, -0.2) is 42.4 Å². The fraction of sp³-hybridized carbons (Fsp3) is 0.172. The second kappa shape index (κ2) is 10.9. The van der Waals surface area contributed by atoms with Gasteiger partial charge in [0.15, 0.2) is 0 Å². The van der Waals surface area contributed by atoms with Gasteiger partial charge >= 0.3 is 5.97 Å². The number of carboxylic acids is 1. The molecule has 1 unspecified atom stereocenters. The molecule has 2 aromatic heterocycles. The van der Waals surface area contributed by atoms with Crippen molar-refractivity contribution in [1.82, 2.24) is 24.6 Å². The number of carbonyl (C=O) groups excluding carboxylic acids is 1. The average Bonchev–Trinajstić information content (AvgIpc) is 3.56. The van der Waals surface area contributed by atoms with Gasteiger partial charge in [0.25, 0.3) is 5.91 Å². The van der Waals surface area contributed by atoms with Gasteiger partial charge < -0.3 is 15.0 Å². The Kier molecular flexibility index (Phi) is 7.24. The summed E-state index contributed by atoms with van der Waals surface area (Å²) in [6, 6.07) is 22.9. The fourth-order valence-electron chi connectivity index (χ4n) is 4.80. The van der Waals surface area contributed by atoms with Gasteiger partial charge in [-0.1, -0.05) is 59.6 Å². The number of nitrogens with zero attached hydrogens (tertiary/aromatic N) is 4. The first-order chi connectivity index (χ1) is 18.4. The zero-order chi connectivity index (χ0) is 26.6. The van der Waals surface area contributed by atoms with Crippen LogP contribution in [0.1, 0.15) is 38.4 Å². The summed E-state index contributed by atoms with van der Waals surface area (Å²) < 4.78 is 3.72. The minimum absolute atomic E-state index is 0.137. The van der Waals surface area contributed by atoms with Crippen LogP contribution in [0, 0.1) is 6.92 Å². The quantitative estimate of drug-likeness (QED) is 0.329. The lowest BCUT2D eigenvalue weighted by atomic mass is 10.0. The SMILES string of the molecule is Cc1ccc2c(c1)c(C(=O)O)c1n2CC(NC(=O)c2ccc(-n3cnnc3)cc2Cl)CC1.c1ccccc1. The summed E-state index contributed by atoms with van der Waals surface area (Å²) >= 11 is 6.39. The smallest absolute Gasteiger partial charge is 0.338 e. The molecule has 1 aliphatic heterocycles. The number of fused-ring (bicyclic) bond motifs is 3. The number of aromatic carboxylic acids is 1. The molecule has 1 amide bonds. The molecule has 2 N–H and O–H groups in total. The minimum Gasteiger partial charge on any atom is -0.478 e. The Bertz CT molecular complexity index is 1570. The van der Waals surface area contributed by atoms with E-state index >= 15 is 0 Å². The number of amides is 1. The third kappa shape index (κ3) is 5.17. The molecule has 0 aliphatic carbocycles. The first kappa shape index (κ1) is 25.2. The summed E-state index contributed by atoms with van der Waals surface area (Å²) in [6.07, 6.45) is 4.33. The third-order valence-electron chi connectivity index (χ3n) is 6.59. The average molecular weight is 528 g/mol. The molecule has 8 nitrogen and oxygen atoms in total. The van der Waals surface area contributed by atoms with Crippen LogP contribution in [0.4, 0.5) is 0 Å². The molecule has 9 heteroatoms. The molecular formula is C29H26ClN5O3. The highest BCUT2D eigenvalue weighted by molar-refractivity contribution is 6.34. The van der Waals surface area contributed by atoms with Crippen LogP contribution in [-0.2, 0) is 13.0 Å². The molecule has 5 aromatic rings.